The maximum Gasteiger partial charge on any atom is 0.237 e. The summed E-state index contributed by atoms with van der Waals surface area (Å²) in [7, 11) is 0. The third-order valence-corrected chi connectivity index (χ3v) is 3.47. The molecule has 1 unspecified atom stereocenters. The number of rotatable bonds is 5. The fourth-order valence-corrected chi connectivity index (χ4v) is 1.98. The van der Waals surface area contributed by atoms with Crippen molar-refractivity contribution in [2.45, 2.75) is 39.8 Å². The number of amides is 1. The van der Waals surface area contributed by atoms with Gasteiger partial charge in [-0.1, -0.05) is 51.4 Å². The number of nitrogens with one attached hydrogen (secondary N) is 1. The molecule has 0 aliphatic rings. The van der Waals surface area contributed by atoms with E-state index in [4.69, 9.17) is 17.3 Å². The van der Waals surface area contributed by atoms with Gasteiger partial charge in [-0.15, -0.1) is 0 Å². The SMILES string of the molecule is CC(C)C(NC(=O)[C@@H](N)C(C)C)c1ccc(Cl)cc1. The predicted molar refractivity (Wildman–Crippen MR) is 80.0 cm³/mol. The first kappa shape index (κ1) is 16.0. The predicted octanol–water partition coefficient (Wildman–Crippen LogP) is 3.14. The number of hydrogen-bond acceptors (Lipinski definition) is 2. The second-order valence-electron chi connectivity index (χ2n) is 5.55. The summed E-state index contributed by atoms with van der Waals surface area (Å²) in [5, 5.41) is 3.72. The van der Waals surface area contributed by atoms with E-state index in [0.717, 1.165) is 5.56 Å². The molecule has 0 aliphatic heterocycles. The van der Waals surface area contributed by atoms with Gasteiger partial charge in [0.15, 0.2) is 0 Å². The number of benzene rings is 1. The molecule has 0 saturated carbocycles. The summed E-state index contributed by atoms with van der Waals surface area (Å²) in [6.45, 7) is 8.02. The highest BCUT2D eigenvalue weighted by Gasteiger charge is 2.23. The smallest absolute Gasteiger partial charge is 0.237 e. The molecule has 106 valence electrons. The summed E-state index contributed by atoms with van der Waals surface area (Å²) in [6, 6.07) is 7.02. The Kier molecular flexibility index (Phi) is 5.83. The van der Waals surface area contributed by atoms with Crippen LogP contribution in [0.25, 0.3) is 0 Å². The minimum atomic E-state index is -0.478. The van der Waals surface area contributed by atoms with Crippen LogP contribution in [0.3, 0.4) is 0 Å². The van der Waals surface area contributed by atoms with Crippen molar-refractivity contribution in [2.24, 2.45) is 17.6 Å². The van der Waals surface area contributed by atoms with Gasteiger partial charge in [-0.3, -0.25) is 4.79 Å². The van der Waals surface area contributed by atoms with E-state index in [-0.39, 0.29) is 23.8 Å². The number of nitrogens with two attached hydrogens (primary N) is 1. The zero-order valence-electron chi connectivity index (χ0n) is 12.0. The number of carbonyl (C=O) groups is 1. The van der Waals surface area contributed by atoms with E-state index >= 15 is 0 Å². The van der Waals surface area contributed by atoms with E-state index < -0.39 is 6.04 Å². The van der Waals surface area contributed by atoms with Gasteiger partial charge in [-0.25, -0.2) is 0 Å². The largest absolute Gasteiger partial charge is 0.348 e. The fourth-order valence-electron chi connectivity index (χ4n) is 1.86. The van der Waals surface area contributed by atoms with Crippen LogP contribution in [-0.4, -0.2) is 11.9 Å². The molecule has 19 heavy (non-hydrogen) atoms. The number of hydrogen-bond donors (Lipinski definition) is 2. The molecular weight excluding hydrogens is 260 g/mol. The van der Waals surface area contributed by atoms with E-state index in [2.05, 4.69) is 19.2 Å². The van der Waals surface area contributed by atoms with Gasteiger partial charge in [0.05, 0.1) is 12.1 Å². The van der Waals surface area contributed by atoms with Crippen molar-refractivity contribution in [3.63, 3.8) is 0 Å². The van der Waals surface area contributed by atoms with Crippen molar-refractivity contribution < 1.29 is 4.79 Å². The van der Waals surface area contributed by atoms with Crippen LogP contribution in [0.15, 0.2) is 24.3 Å². The summed E-state index contributed by atoms with van der Waals surface area (Å²) in [4.78, 5) is 12.1. The molecule has 0 aromatic heterocycles. The lowest BCUT2D eigenvalue weighted by Gasteiger charge is -2.25. The Morgan fingerprint density at radius 3 is 2.05 bits per heavy atom. The van der Waals surface area contributed by atoms with Crippen LogP contribution in [0.1, 0.15) is 39.3 Å². The molecule has 2 atom stereocenters. The zero-order chi connectivity index (χ0) is 14.6. The number of carbonyl (C=O) groups excluding carboxylic acids is 1. The van der Waals surface area contributed by atoms with Crippen LogP contribution in [0.4, 0.5) is 0 Å². The molecule has 0 radical (unpaired) electrons. The Hall–Kier alpha value is -1.06. The Balaban J connectivity index is 2.85. The average Bonchev–Trinajstić information content (AvgIpc) is 2.35. The van der Waals surface area contributed by atoms with E-state index in [1.165, 1.54) is 0 Å². The van der Waals surface area contributed by atoms with E-state index in [1.807, 2.05) is 38.1 Å². The molecule has 1 aromatic carbocycles. The third kappa shape index (κ3) is 4.51. The second kappa shape index (κ2) is 6.92. The molecule has 0 spiro atoms. The summed E-state index contributed by atoms with van der Waals surface area (Å²) in [6.07, 6.45) is 0. The third-order valence-electron chi connectivity index (χ3n) is 3.21. The van der Waals surface area contributed by atoms with Crippen LogP contribution in [0.5, 0.6) is 0 Å². The molecule has 0 saturated heterocycles. The highest BCUT2D eigenvalue weighted by Crippen LogP contribution is 2.23. The van der Waals surface area contributed by atoms with Crippen molar-refractivity contribution >= 4 is 17.5 Å². The minimum Gasteiger partial charge on any atom is -0.348 e. The Labute approximate surface area is 120 Å². The van der Waals surface area contributed by atoms with Gasteiger partial charge in [-0.2, -0.15) is 0 Å². The zero-order valence-corrected chi connectivity index (χ0v) is 12.7. The van der Waals surface area contributed by atoms with Crippen LogP contribution >= 0.6 is 11.6 Å². The van der Waals surface area contributed by atoms with Crippen molar-refractivity contribution in [3.8, 4) is 0 Å². The first-order valence-corrected chi connectivity index (χ1v) is 7.02. The fraction of sp³-hybridized carbons (Fsp3) is 0.533. The second-order valence-corrected chi connectivity index (χ2v) is 5.99. The maximum absolute atomic E-state index is 12.1. The molecule has 1 amide bonds. The van der Waals surface area contributed by atoms with Crippen molar-refractivity contribution in [3.05, 3.63) is 34.9 Å². The van der Waals surface area contributed by atoms with Crippen LogP contribution in [-0.2, 0) is 4.79 Å². The Morgan fingerprint density at radius 2 is 1.63 bits per heavy atom. The summed E-state index contributed by atoms with van der Waals surface area (Å²) in [5.41, 5.74) is 6.92. The molecule has 3 nitrogen and oxygen atoms in total. The van der Waals surface area contributed by atoms with Crippen LogP contribution < -0.4 is 11.1 Å². The van der Waals surface area contributed by atoms with Gasteiger partial charge in [-0.05, 0) is 29.5 Å². The van der Waals surface area contributed by atoms with Gasteiger partial charge in [0.2, 0.25) is 5.91 Å². The lowest BCUT2D eigenvalue weighted by molar-refractivity contribution is -0.124. The van der Waals surface area contributed by atoms with Crippen LogP contribution in [0, 0.1) is 11.8 Å². The van der Waals surface area contributed by atoms with Gasteiger partial charge in [0.25, 0.3) is 0 Å². The summed E-state index contributed by atoms with van der Waals surface area (Å²) >= 11 is 5.89. The normalized spacial score (nSPS) is 14.5. The van der Waals surface area contributed by atoms with Gasteiger partial charge in [0.1, 0.15) is 0 Å². The average molecular weight is 283 g/mol. The number of halogens is 1. The van der Waals surface area contributed by atoms with Crippen molar-refractivity contribution in [1.82, 2.24) is 5.32 Å². The Morgan fingerprint density at radius 1 is 1.11 bits per heavy atom. The molecule has 4 heteroatoms. The highest BCUT2D eigenvalue weighted by molar-refractivity contribution is 6.30. The van der Waals surface area contributed by atoms with E-state index in [1.54, 1.807) is 0 Å². The molecule has 1 aromatic rings. The van der Waals surface area contributed by atoms with Gasteiger partial charge < -0.3 is 11.1 Å². The lowest BCUT2D eigenvalue weighted by atomic mass is 9.95. The molecule has 0 bridgehead atoms. The molecule has 3 N–H and O–H groups in total. The molecule has 1 rings (SSSR count). The van der Waals surface area contributed by atoms with Crippen molar-refractivity contribution in [2.75, 3.05) is 0 Å². The topological polar surface area (TPSA) is 55.1 Å². The van der Waals surface area contributed by atoms with Crippen molar-refractivity contribution in [1.29, 1.82) is 0 Å². The summed E-state index contributed by atoms with van der Waals surface area (Å²) in [5.74, 6) is 0.297. The first-order valence-electron chi connectivity index (χ1n) is 6.64. The Bertz CT molecular complexity index is 415. The lowest BCUT2D eigenvalue weighted by Crippen LogP contribution is -2.46. The van der Waals surface area contributed by atoms with E-state index in [9.17, 15) is 4.79 Å². The molecule has 0 aliphatic carbocycles. The monoisotopic (exact) mass is 282 g/mol. The van der Waals surface area contributed by atoms with Crippen LogP contribution in [0.2, 0.25) is 5.02 Å². The highest BCUT2D eigenvalue weighted by atomic mass is 35.5. The molecular formula is C15H23ClN2O. The van der Waals surface area contributed by atoms with E-state index in [0.29, 0.717) is 5.02 Å². The minimum absolute atomic E-state index is 0.0467. The quantitative estimate of drug-likeness (QED) is 0.872. The molecule has 0 heterocycles. The standard InChI is InChI=1S/C15H23ClN2O/c1-9(2)13(17)15(19)18-14(10(3)4)11-5-7-12(16)8-6-11/h5-10,13-14H,17H2,1-4H3,(H,18,19)/t13-,14?/m0/s1. The maximum atomic E-state index is 12.1. The van der Waals surface area contributed by atoms with Gasteiger partial charge >= 0.3 is 0 Å². The van der Waals surface area contributed by atoms with Gasteiger partial charge in [0, 0.05) is 5.02 Å². The summed E-state index contributed by atoms with van der Waals surface area (Å²) < 4.78 is 0. The molecule has 0 fully saturated rings. The first-order chi connectivity index (χ1) is 8.82.